The second-order valence-electron chi connectivity index (χ2n) is 2.21. The van der Waals surface area contributed by atoms with Crippen LogP contribution in [0.4, 0.5) is 4.39 Å². The molecule has 2 heteroatoms. The Kier molecular flexibility index (Phi) is 3.16. The van der Waals surface area contributed by atoms with Gasteiger partial charge in [-0.15, -0.1) is 6.42 Å². The largest absolute Gasteiger partial charge is 0.491 e. The van der Waals surface area contributed by atoms with Crippen LogP contribution < -0.4 is 4.74 Å². The molecule has 0 saturated heterocycles. The van der Waals surface area contributed by atoms with Crippen molar-refractivity contribution < 1.29 is 9.13 Å². The minimum Gasteiger partial charge on any atom is -0.491 e. The highest BCUT2D eigenvalue weighted by molar-refractivity contribution is 5.38. The van der Waals surface area contributed by atoms with Crippen molar-refractivity contribution in [3.8, 4) is 18.1 Å². The lowest BCUT2D eigenvalue weighted by atomic mass is 10.2. The zero-order chi connectivity index (χ0) is 8.81. The first-order valence-corrected chi connectivity index (χ1v) is 3.62. The van der Waals surface area contributed by atoms with Gasteiger partial charge in [-0.1, -0.05) is 12.0 Å². The number of benzene rings is 1. The van der Waals surface area contributed by atoms with Gasteiger partial charge in [-0.3, -0.25) is 0 Å². The SMILES string of the molecule is C#Cc1cccc(OCCF)c1. The third-order valence-electron chi connectivity index (χ3n) is 1.35. The van der Waals surface area contributed by atoms with Crippen LogP contribution in [-0.2, 0) is 0 Å². The summed E-state index contributed by atoms with van der Waals surface area (Å²) in [4.78, 5) is 0. The fourth-order valence-corrected chi connectivity index (χ4v) is 0.832. The third kappa shape index (κ3) is 2.28. The molecule has 1 rings (SSSR count). The molecular formula is C10H9FO. The Hall–Kier alpha value is -1.49. The molecule has 0 fully saturated rings. The van der Waals surface area contributed by atoms with Gasteiger partial charge in [-0.25, -0.2) is 4.39 Å². The molecule has 1 nitrogen and oxygen atoms in total. The maximum atomic E-state index is 11.7. The molecule has 0 radical (unpaired) electrons. The van der Waals surface area contributed by atoms with E-state index >= 15 is 0 Å². The van der Waals surface area contributed by atoms with E-state index in [1.807, 2.05) is 0 Å². The number of terminal acetylenes is 1. The van der Waals surface area contributed by atoms with Crippen LogP contribution in [0, 0.1) is 12.3 Å². The molecule has 0 amide bonds. The number of rotatable bonds is 3. The van der Waals surface area contributed by atoms with Gasteiger partial charge < -0.3 is 4.74 Å². The van der Waals surface area contributed by atoms with E-state index in [2.05, 4.69) is 5.92 Å². The smallest absolute Gasteiger partial charge is 0.123 e. The molecule has 0 aromatic heterocycles. The van der Waals surface area contributed by atoms with E-state index in [0.29, 0.717) is 5.75 Å². The summed E-state index contributed by atoms with van der Waals surface area (Å²) in [7, 11) is 0. The van der Waals surface area contributed by atoms with Crippen LogP contribution in [0.3, 0.4) is 0 Å². The molecular weight excluding hydrogens is 155 g/mol. The second kappa shape index (κ2) is 4.40. The Morgan fingerprint density at radius 3 is 3.00 bits per heavy atom. The number of hydrogen-bond acceptors (Lipinski definition) is 1. The highest BCUT2D eigenvalue weighted by Gasteiger charge is 1.93. The van der Waals surface area contributed by atoms with Gasteiger partial charge in [-0.2, -0.15) is 0 Å². The highest BCUT2D eigenvalue weighted by atomic mass is 19.1. The Morgan fingerprint density at radius 1 is 1.50 bits per heavy atom. The summed E-state index contributed by atoms with van der Waals surface area (Å²) in [5, 5.41) is 0. The van der Waals surface area contributed by atoms with E-state index in [1.165, 1.54) is 0 Å². The Morgan fingerprint density at radius 2 is 2.33 bits per heavy atom. The van der Waals surface area contributed by atoms with Crippen molar-refractivity contribution in [2.75, 3.05) is 13.3 Å². The number of ether oxygens (including phenoxy) is 1. The normalized spacial score (nSPS) is 9.00. The maximum absolute atomic E-state index is 11.7. The highest BCUT2D eigenvalue weighted by Crippen LogP contribution is 2.11. The van der Waals surface area contributed by atoms with E-state index in [4.69, 9.17) is 11.2 Å². The van der Waals surface area contributed by atoms with Crippen molar-refractivity contribution in [1.29, 1.82) is 0 Å². The van der Waals surface area contributed by atoms with Crippen molar-refractivity contribution in [2.24, 2.45) is 0 Å². The molecule has 1 aromatic carbocycles. The molecule has 1 aromatic rings. The fourth-order valence-electron chi connectivity index (χ4n) is 0.832. The summed E-state index contributed by atoms with van der Waals surface area (Å²) >= 11 is 0. The van der Waals surface area contributed by atoms with Crippen molar-refractivity contribution in [3.05, 3.63) is 29.8 Å². The van der Waals surface area contributed by atoms with Crippen LogP contribution in [0.15, 0.2) is 24.3 Å². The molecule has 0 atom stereocenters. The molecule has 0 heterocycles. The van der Waals surface area contributed by atoms with Crippen molar-refractivity contribution in [2.45, 2.75) is 0 Å². The quantitative estimate of drug-likeness (QED) is 0.621. The minimum atomic E-state index is -0.486. The van der Waals surface area contributed by atoms with Gasteiger partial charge in [-0.05, 0) is 18.2 Å². The molecule has 0 aliphatic rings. The number of alkyl halides is 1. The van der Waals surface area contributed by atoms with E-state index < -0.39 is 6.67 Å². The average molecular weight is 164 g/mol. The van der Waals surface area contributed by atoms with Gasteiger partial charge in [0.25, 0.3) is 0 Å². The Bertz CT molecular complexity index is 288. The third-order valence-corrected chi connectivity index (χ3v) is 1.35. The number of hydrogen-bond donors (Lipinski definition) is 0. The van der Waals surface area contributed by atoms with E-state index in [9.17, 15) is 4.39 Å². The molecule has 0 spiro atoms. The lowest BCUT2D eigenvalue weighted by Gasteiger charge is -2.02. The summed E-state index contributed by atoms with van der Waals surface area (Å²) in [5.41, 5.74) is 0.742. The molecule has 0 aliphatic heterocycles. The number of halogens is 1. The van der Waals surface area contributed by atoms with Gasteiger partial charge in [0.05, 0.1) is 0 Å². The van der Waals surface area contributed by atoms with Gasteiger partial charge in [0.15, 0.2) is 0 Å². The predicted molar refractivity (Wildman–Crippen MR) is 45.8 cm³/mol. The second-order valence-corrected chi connectivity index (χ2v) is 2.21. The summed E-state index contributed by atoms with van der Waals surface area (Å²) < 4.78 is 16.7. The molecule has 0 bridgehead atoms. The molecule has 62 valence electrons. The summed E-state index contributed by atoms with van der Waals surface area (Å²) in [5.74, 6) is 3.08. The lowest BCUT2D eigenvalue weighted by molar-refractivity contribution is 0.273. The van der Waals surface area contributed by atoms with E-state index in [0.717, 1.165) is 5.56 Å². The van der Waals surface area contributed by atoms with Gasteiger partial charge in [0.1, 0.15) is 19.0 Å². The maximum Gasteiger partial charge on any atom is 0.123 e. The first-order chi connectivity index (χ1) is 5.86. The van der Waals surface area contributed by atoms with Crippen LogP contribution in [-0.4, -0.2) is 13.3 Å². The lowest BCUT2D eigenvalue weighted by Crippen LogP contribution is -1.98. The van der Waals surface area contributed by atoms with Crippen LogP contribution in [0.1, 0.15) is 5.56 Å². The first kappa shape index (κ1) is 8.61. The van der Waals surface area contributed by atoms with Crippen molar-refractivity contribution >= 4 is 0 Å². The monoisotopic (exact) mass is 164 g/mol. The van der Waals surface area contributed by atoms with Gasteiger partial charge >= 0.3 is 0 Å². The van der Waals surface area contributed by atoms with Crippen LogP contribution in [0.25, 0.3) is 0 Å². The fraction of sp³-hybridized carbons (Fsp3) is 0.200. The molecule has 0 N–H and O–H groups in total. The Balaban J connectivity index is 2.68. The minimum absolute atomic E-state index is 0.0774. The average Bonchev–Trinajstić information content (AvgIpc) is 2.15. The summed E-state index contributed by atoms with van der Waals surface area (Å²) in [6, 6.07) is 7.03. The van der Waals surface area contributed by atoms with E-state index in [-0.39, 0.29) is 6.61 Å². The van der Waals surface area contributed by atoms with Crippen molar-refractivity contribution in [3.63, 3.8) is 0 Å². The first-order valence-electron chi connectivity index (χ1n) is 3.62. The molecule has 12 heavy (non-hydrogen) atoms. The van der Waals surface area contributed by atoms with Gasteiger partial charge in [0.2, 0.25) is 0 Å². The summed E-state index contributed by atoms with van der Waals surface area (Å²) in [6.07, 6.45) is 5.17. The van der Waals surface area contributed by atoms with Gasteiger partial charge in [0, 0.05) is 5.56 Å². The predicted octanol–water partition coefficient (Wildman–Crippen LogP) is 2.02. The molecule has 0 saturated carbocycles. The van der Waals surface area contributed by atoms with Crippen LogP contribution >= 0.6 is 0 Å². The van der Waals surface area contributed by atoms with Crippen molar-refractivity contribution in [1.82, 2.24) is 0 Å². The molecule has 0 aliphatic carbocycles. The zero-order valence-corrected chi connectivity index (χ0v) is 6.59. The molecule has 0 unspecified atom stereocenters. The Labute approximate surface area is 71.2 Å². The summed E-state index contributed by atoms with van der Waals surface area (Å²) in [6.45, 7) is -0.408. The van der Waals surface area contributed by atoms with Crippen LogP contribution in [0.5, 0.6) is 5.75 Å². The topological polar surface area (TPSA) is 9.23 Å². The van der Waals surface area contributed by atoms with Crippen LogP contribution in [0.2, 0.25) is 0 Å². The van der Waals surface area contributed by atoms with E-state index in [1.54, 1.807) is 24.3 Å². The zero-order valence-electron chi connectivity index (χ0n) is 6.59. The standard InChI is InChI=1S/C10H9FO/c1-2-9-4-3-5-10(8-9)12-7-6-11/h1,3-5,8H,6-7H2.